The number of hydrogen-bond donors (Lipinski definition) is 1. The van der Waals surface area contributed by atoms with Crippen molar-refractivity contribution >= 4 is 22.7 Å². The minimum absolute atomic E-state index is 0.277. The fourth-order valence-corrected chi connectivity index (χ4v) is 3.59. The number of rotatable bonds is 3. The molecule has 3 heterocycles. The van der Waals surface area contributed by atoms with Gasteiger partial charge in [0.25, 0.3) is 0 Å². The first-order valence-corrected chi connectivity index (χ1v) is 8.74. The predicted octanol–water partition coefficient (Wildman–Crippen LogP) is 2.63. The minimum atomic E-state index is 0.277. The molecule has 134 valence electrons. The number of aromatic nitrogens is 2. The van der Waals surface area contributed by atoms with Crippen LogP contribution in [0.2, 0.25) is 0 Å². The van der Waals surface area contributed by atoms with Crippen LogP contribution in [0.25, 0.3) is 11.0 Å². The summed E-state index contributed by atoms with van der Waals surface area (Å²) in [4.78, 5) is 12.8. The van der Waals surface area contributed by atoms with Crippen LogP contribution in [0, 0.1) is 0 Å². The van der Waals surface area contributed by atoms with Gasteiger partial charge in [0.2, 0.25) is 12.7 Å². The lowest BCUT2D eigenvalue weighted by Crippen LogP contribution is -2.47. The van der Waals surface area contributed by atoms with Crippen LogP contribution in [-0.4, -0.2) is 50.0 Å². The average molecular weight is 352 g/mol. The third-order valence-corrected chi connectivity index (χ3v) is 4.97. The first-order valence-electron chi connectivity index (χ1n) is 8.74. The summed E-state index contributed by atoms with van der Waals surface area (Å²) in [7, 11) is 1.72. The zero-order chi connectivity index (χ0) is 17.5. The summed E-state index contributed by atoms with van der Waals surface area (Å²) in [6.45, 7) is 3.90. The summed E-state index contributed by atoms with van der Waals surface area (Å²) in [5.41, 5.74) is 3.01. The van der Waals surface area contributed by atoms with Crippen LogP contribution < -0.4 is 24.0 Å². The van der Waals surface area contributed by atoms with Gasteiger partial charge in [-0.3, -0.25) is 0 Å². The molecule has 2 aromatic carbocycles. The number of hydrogen-bond acceptors (Lipinski definition) is 6. The van der Waals surface area contributed by atoms with Gasteiger partial charge in [-0.25, -0.2) is 4.98 Å². The first kappa shape index (κ1) is 15.2. The predicted molar refractivity (Wildman–Crippen MR) is 99.6 cm³/mol. The molecule has 2 aliphatic heterocycles. The lowest BCUT2D eigenvalue weighted by Gasteiger charge is -2.36. The number of nitrogens with zero attached hydrogens (tertiary/aromatic N) is 3. The summed E-state index contributed by atoms with van der Waals surface area (Å²) in [5.74, 6) is 3.34. The van der Waals surface area contributed by atoms with Crippen LogP contribution >= 0.6 is 0 Å². The summed E-state index contributed by atoms with van der Waals surface area (Å²) >= 11 is 0. The van der Waals surface area contributed by atoms with E-state index < -0.39 is 0 Å². The molecule has 0 amide bonds. The van der Waals surface area contributed by atoms with E-state index in [0.29, 0.717) is 0 Å². The molecule has 0 bridgehead atoms. The van der Waals surface area contributed by atoms with E-state index in [0.717, 1.165) is 66.1 Å². The van der Waals surface area contributed by atoms with Crippen molar-refractivity contribution in [1.29, 1.82) is 0 Å². The van der Waals surface area contributed by atoms with Crippen LogP contribution in [0.4, 0.5) is 11.6 Å². The lowest BCUT2D eigenvalue weighted by molar-refractivity contribution is 0.174. The molecule has 1 saturated heterocycles. The lowest BCUT2D eigenvalue weighted by atomic mass is 10.2. The molecule has 3 aromatic rings. The Bertz CT molecular complexity index is 906. The number of benzene rings is 2. The number of fused-ring (bicyclic) bond motifs is 2. The minimum Gasteiger partial charge on any atom is -0.495 e. The second kappa shape index (κ2) is 6.01. The Morgan fingerprint density at radius 1 is 1.00 bits per heavy atom. The van der Waals surface area contributed by atoms with E-state index >= 15 is 0 Å². The first-order chi connectivity index (χ1) is 12.8. The van der Waals surface area contributed by atoms with Crippen molar-refractivity contribution in [2.75, 3.05) is 49.9 Å². The molecule has 0 aliphatic carbocycles. The third kappa shape index (κ3) is 2.47. The normalized spacial score (nSPS) is 16.3. The number of methoxy groups -OCH3 is 1. The maximum atomic E-state index is 5.49. The highest BCUT2D eigenvalue weighted by Crippen LogP contribution is 2.36. The van der Waals surface area contributed by atoms with Gasteiger partial charge in [0.1, 0.15) is 5.75 Å². The van der Waals surface area contributed by atoms with Gasteiger partial charge in [-0.1, -0.05) is 12.1 Å². The smallest absolute Gasteiger partial charge is 0.231 e. The third-order valence-electron chi connectivity index (χ3n) is 4.97. The molecule has 5 rings (SSSR count). The van der Waals surface area contributed by atoms with E-state index in [2.05, 4.69) is 20.9 Å². The van der Waals surface area contributed by atoms with Gasteiger partial charge in [0.05, 0.1) is 23.8 Å². The van der Waals surface area contributed by atoms with Crippen LogP contribution in [0.1, 0.15) is 0 Å². The Balaban J connectivity index is 1.34. The van der Waals surface area contributed by atoms with Gasteiger partial charge in [-0.2, -0.15) is 0 Å². The van der Waals surface area contributed by atoms with Gasteiger partial charge in [-0.05, 0) is 12.1 Å². The second-order valence-electron chi connectivity index (χ2n) is 6.43. The number of para-hydroxylation sites is 2. The topological polar surface area (TPSA) is 62.9 Å². The molecule has 0 spiro atoms. The summed E-state index contributed by atoms with van der Waals surface area (Å²) in [5, 5.41) is 0. The van der Waals surface area contributed by atoms with Gasteiger partial charge >= 0.3 is 0 Å². The van der Waals surface area contributed by atoms with E-state index in [4.69, 9.17) is 19.2 Å². The van der Waals surface area contributed by atoms with Crippen molar-refractivity contribution in [2.24, 2.45) is 0 Å². The Hall–Kier alpha value is -3.09. The number of anilines is 2. The van der Waals surface area contributed by atoms with Gasteiger partial charge in [0, 0.05) is 38.3 Å². The number of nitrogens with one attached hydrogen (secondary N) is 1. The van der Waals surface area contributed by atoms with Gasteiger partial charge in [0.15, 0.2) is 11.5 Å². The van der Waals surface area contributed by atoms with Crippen molar-refractivity contribution in [3.63, 3.8) is 0 Å². The SMILES string of the molecule is COc1ccccc1N1CCN(c2nc3cc4c(cc3[nH]2)OCO4)CC1. The van der Waals surface area contributed by atoms with Crippen molar-refractivity contribution in [2.45, 2.75) is 0 Å². The maximum Gasteiger partial charge on any atom is 0.231 e. The highest BCUT2D eigenvalue weighted by molar-refractivity contribution is 5.82. The maximum absolute atomic E-state index is 5.49. The highest BCUT2D eigenvalue weighted by Gasteiger charge is 2.23. The Morgan fingerprint density at radius 2 is 1.73 bits per heavy atom. The number of imidazole rings is 1. The van der Waals surface area contributed by atoms with Crippen molar-refractivity contribution in [1.82, 2.24) is 9.97 Å². The van der Waals surface area contributed by atoms with Gasteiger partial charge < -0.3 is 29.0 Å². The molecule has 7 nitrogen and oxygen atoms in total. The van der Waals surface area contributed by atoms with E-state index in [1.807, 2.05) is 30.3 Å². The zero-order valence-electron chi connectivity index (χ0n) is 14.6. The fourth-order valence-electron chi connectivity index (χ4n) is 3.59. The van der Waals surface area contributed by atoms with Crippen LogP contribution in [0.15, 0.2) is 36.4 Å². The zero-order valence-corrected chi connectivity index (χ0v) is 14.6. The van der Waals surface area contributed by atoms with E-state index in [1.165, 1.54) is 0 Å². The molecular formula is C19H20N4O3. The van der Waals surface area contributed by atoms with Crippen LogP contribution in [0.3, 0.4) is 0 Å². The van der Waals surface area contributed by atoms with E-state index in [1.54, 1.807) is 7.11 Å². The molecule has 2 aliphatic rings. The quantitative estimate of drug-likeness (QED) is 0.782. The Morgan fingerprint density at radius 3 is 2.54 bits per heavy atom. The van der Waals surface area contributed by atoms with E-state index in [9.17, 15) is 0 Å². The highest BCUT2D eigenvalue weighted by atomic mass is 16.7. The van der Waals surface area contributed by atoms with E-state index in [-0.39, 0.29) is 6.79 Å². The molecular weight excluding hydrogens is 332 g/mol. The second-order valence-corrected chi connectivity index (χ2v) is 6.43. The molecule has 0 unspecified atom stereocenters. The Kier molecular flexibility index (Phi) is 3.51. The van der Waals surface area contributed by atoms with Crippen molar-refractivity contribution in [3.05, 3.63) is 36.4 Å². The molecule has 1 N–H and O–H groups in total. The molecule has 0 radical (unpaired) electrons. The number of aromatic amines is 1. The summed E-state index contributed by atoms with van der Waals surface area (Å²) < 4.78 is 16.4. The van der Waals surface area contributed by atoms with Crippen LogP contribution in [-0.2, 0) is 0 Å². The number of piperazine rings is 1. The number of ether oxygens (including phenoxy) is 3. The standard InChI is InChI=1S/C19H20N4O3/c1-24-16-5-3-2-4-15(16)22-6-8-23(9-7-22)19-20-13-10-17-18(26-12-25-17)11-14(13)21-19/h2-5,10-11H,6-9,12H2,1H3,(H,20,21). The largest absolute Gasteiger partial charge is 0.495 e. The Labute approximate surface area is 151 Å². The molecule has 1 fully saturated rings. The fraction of sp³-hybridized carbons (Fsp3) is 0.316. The average Bonchev–Trinajstić information content (AvgIpc) is 3.32. The van der Waals surface area contributed by atoms with Gasteiger partial charge in [-0.15, -0.1) is 0 Å². The molecule has 0 atom stereocenters. The molecule has 26 heavy (non-hydrogen) atoms. The summed E-state index contributed by atoms with van der Waals surface area (Å²) in [6, 6.07) is 12.0. The van der Waals surface area contributed by atoms with Crippen LogP contribution in [0.5, 0.6) is 17.2 Å². The summed E-state index contributed by atoms with van der Waals surface area (Å²) in [6.07, 6.45) is 0. The van der Waals surface area contributed by atoms with Crippen molar-refractivity contribution in [3.8, 4) is 17.2 Å². The van der Waals surface area contributed by atoms with Crippen molar-refractivity contribution < 1.29 is 14.2 Å². The molecule has 7 heteroatoms. The number of H-pyrrole nitrogens is 1. The molecule has 1 aromatic heterocycles. The monoisotopic (exact) mass is 352 g/mol. The molecule has 0 saturated carbocycles.